The van der Waals surface area contributed by atoms with Crippen LogP contribution in [0, 0.1) is 0 Å². The van der Waals surface area contributed by atoms with Crippen LogP contribution in [0.15, 0.2) is 35.1 Å². The molecule has 30 heavy (non-hydrogen) atoms. The van der Waals surface area contributed by atoms with Gasteiger partial charge in [0.15, 0.2) is 5.75 Å². The van der Waals surface area contributed by atoms with E-state index in [9.17, 15) is 14.7 Å². The van der Waals surface area contributed by atoms with Crippen molar-refractivity contribution in [2.45, 2.75) is 38.1 Å². The maximum atomic E-state index is 12.7. The van der Waals surface area contributed by atoms with Crippen LogP contribution in [0.1, 0.15) is 42.5 Å². The van der Waals surface area contributed by atoms with Gasteiger partial charge in [-0.1, -0.05) is 42.5 Å². The Morgan fingerprint density at radius 3 is 2.43 bits per heavy atom. The largest absolute Gasteiger partial charge is 0.503 e. The highest BCUT2D eigenvalue weighted by Crippen LogP contribution is 2.35. The van der Waals surface area contributed by atoms with Crippen LogP contribution in [-0.4, -0.2) is 22.0 Å². The molecule has 0 bridgehead atoms. The monoisotopic (exact) mass is 445 g/mol. The number of halogens is 2. The second-order valence-corrected chi connectivity index (χ2v) is 8.41. The smallest absolute Gasteiger partial charge is 0.251 e. The molecule has 5 N–H and O–H groups in total. The molecule has 2 aromatic carbocycles. The minimum atomic E-state index is -0.554. The molecule has 1 fully saturated rings. The van der Waals surface area contributed by atoms with Gasteiger partial charge >= 0.3 is 0 Å². The molecule has 1 saturated carbocycles. The summed E-state index contributed by atoms with van der Waals surface area (Å²) in [7, 11) is 0. The third-order valence-electron chi connectivity index (χ3n) is 5.55. The van der Waals surface area contributed by atoms with Crippen molar-refractivity contribution in [2.24, 2.45) is 0 Å². The third-order valence-corrected chi connectivity index (χ3v) is 6.17. The number of fused-ring (bicyclic) bond motifs is 1. The summed E-state index contributed by atoms with van der Waals surface area (Å²) in [5.74, 6) is -0.642. The molecule has 0 spiro atoms. The van der Waals surface area contributed by atoms with Crippen molar-refractivity contribution in [3.8, 4) is 17.0 Å². The molecule has 0 aliphatic heterocycles. The van der Waals surface area contributed by atoms with Crippen molar-refractivity contribution >= 4 is 45.7 Å². The number of carbonyl (C=O) groups excluding carboxylic acids is 1. The Kier molecular flexibility index (Phi) is 5.62. The number of nitrogens with two attached hydrogens (primary N) is 1. The average molecular weight is 446 g/mol. The number of hydrogen-bond acceptors (Lipinski definition) is 4. The van der Waals surface area contributed by atoms with E-state index in [0.717, 1.165) is 25.7 Å². The summed E-state index contributed by atoms with van der Waals surface area (Å²) >= 11 is 12.2. The number of anilines is 1. The maximum Gasteiger partial charge on any atom is 0.251 e. The van der Waals surface area contributed by atoms with Crippen molar-refractivity contribution in [3.63, 3.8) is 0 Å². The zero-order chi connectivity index (χ0) is 21.4. The standard InChI is InChI=1S/C22H21Cl2N3O3/c23-15-8-12(9-16(24)18(15)25)19-21(29)20(28)14-7-6-11(10-17(14)27-19)22(30)26-13-4-2-1-3-5-13/h6-10,13,29H,1-5,25H2,(H,26,30)(H,27,28). The number of carbonyl (C=O) groups is 1. The molecule has 8 heteroatoms. The number of amides is 1. The molecule has 0 unspecified atom stereocenters. The molecule has 1 amide bonds. The van der Waals surface area contributed by atoms with Crippen LogP contribution in [0.3, 0.4) is 0 Å². The van der Waals surface area contributed by atoms with Crippen molar-refractivity contribution in [1.82, 2.24) is 10.3 Å². The number of pyridine rings is 1. The second kappa shape index (κ2) is 8.20. The number of aromatic amines is 1. The van der Waals surface area contributed by atoms with Gasteiger partial charge in [0.05, 0.1) is 26.9 Å². The maximum absolute atomic E-state index is 12.7. The van der Waals surface area contributed by atoms with Crippen LogP contribution in [0.25, 0.3) is 22.2 Å². The summed E-state index contributed by atoms with van der Waals surface area (Å²) < 4.78 is 0. The number of aromatic nitrogens is 1. The number of aromatic hydroxyl groups is 1. The summed E-state index contributed by atoms with van der Waals surface area (Å²) in [6.07, 6.45) is 5.39. The first-order chi connectivity index (χ1) is 14.3. The van der Waals surface area contributed by atoms with E-state index in [-0.39, 0.29) is 38.8 Å². The SMILES string of the molecule is Nc1c(Cl)cc(-c2[nH]c3cc(C(=O)NC4CCCCC4)ccc3c(=O)c2O)cc1Cl. The summed E-state index contributed by atoms with van der Waals surface area (Å²) in [5.41, 5.74) is 6.86. The van der Waals surface area contributed by atoms with Gasteiger partial charge in [-0.15, -0.1) is 0 Å². The van der Waals surface area contributed by atoms with Gasteiger partial charge in [0.1, 0.15) is 0 Å². The van der Waals surface area contributed by atoms with E-state index in [0.29, 0.717) is 16.6 Å². The first-order valence-corrected chi connectivity index (χ1v) is 10.6. The molecule has 4 rings (SSSR count). The lowest BCUT2D eigenvalue weighted by atomic mass is 9.95. The lowest BCUT2D eigenvalue weighted by Crippen LogP contribution is -2.36. The molecular formula is C22H21Cl2N3O3. The van der Waals surface area contributed by atoms with Crippen molar-refractivity contribution in [1.29, 1.82) is 0 Å². The average Bonchev–Trinajstić information content (AvgIpc) is 2.74. The minimum Gasteiger partial charge on any atom is -0.503 e. The fourth-order valence-electron chi connectivity index (χ4n) is 3.88. The van der Waals surface area contributed by atoms with Crippen LogP contribution in [0.5, 0.6) is 5.75 Å². The molecule has 0 saturated heterocycles. The number of nitrogens with one attached hydrogen (secondary N) is 2. The topological polar surface area (TPSA) is 108 Å². The number of H-pyrrole nitrogens is 1. The normalized spacial score (nSPS) is 14.7. The van der Waals surface area contributed by atoms with Crippen LogP contribution >= 0.6 is 23.2 Å². The van der Waals surface area contributed by atoms with Crippen LogP contribution in [0.2, 0.25) is 10.0 Å². The zero-order valence-electron chi connectivity index (χ0n) is 16.1. The van der Waals surface area contributed by atoms with Gasteiger partial charge < -0.3 is 21.1 Å². The number of hydrogen-bond donors (Lipinski definition) is 4. The lowest BCUT2D eigenvalue weighted by Gasteiger charge is -2.22. The number of nitrogen functional groups attached to an aromatic ring is 1. The van der Waals surface area contributed by atoms with Gasteiger partial charge in [-0.2, -0.15) is 0 Å². The third kappa shape index (κ3) is 3.85. The molecular weight excluding hydrogens is 425 g/mol. The van der Waals surface area contributed by atoms with Gasteiger partial charge in [0.2, 0.25) is 5.43 Å². The van der Waals surface area contributed by atoms with E-state index in [2.05, 4.69) is 10.3 Å². The van der Waals surface area contributed by atoms with Gasteiger partial charge in [0, 0.05) is 22.6 Å². The van der Waals surface area contributed by atoms with Crippen molar-refractivity contribution in [3.05, 3.63) is 56.2 Å². The van der Waals surface area contributed by atoms with Crippen molar-refractivity contribution in [2.75, 3.05) is 5.73 Å². The molecule has 156 valence electrons. The van der Waals surface area contributed by atoms with E-state index >= 15 is 0 Å². The van der Waals surface area contributed by atoms with E-state index in [1.54, 1.807) is 12.1 Å². The quantitative estimate of drug-likeness (QED) is 0.431. The zero-order valence-corrected chi connectivity index (χ0v) is 17.6. The predicted molar refractivity (Wildman–Crippen MR) is 120 cm³/mol. The number of rotatable bonds is 3. The fraction of sp³-hybridized carbons (Fsp3) is 0.273. The highest BCUT2D eigenvalue weighted by atomic mass is 35.5. The van der Waals surface area contributed by atoms with E-state index in [1.807, 2.05) is 0 Å². The van der Waals surface area contributed by atoms with Crippen LogP contribution in [0.4, 0.5) is 5.69 Å². The summed E-state index contributed by atoms with van der Waals surface area (Å²) in [4.78, 5) is 28.4. The Hall–Kier alpha value is -2.70. The summed E-state index contributed by atoms with van der Waals surface area (Å²) in [5, 5.41) is 14.2. The molecule has 6 nitrogen and oxygen atoms in total. The Balaban J connectivity index is 1.75. The molecule has 1 aliphatic carbocycles. The Bertz CT molecular complexity index is 1180. The Morgan fingerprint density at radius 2 is 1.77 bits per heavy atom. The Morgan fingerprint density at radius 1 is 1.10 bits per heavy atom. The Labute approximate surface area is 183 Å². The highest BCUT2D eigenvalue weighted by Gasteiger charge is 2.19. The first kappa shape index (κ1) is 20.6. The van der Waals surface area contributed by atoms with Crippen LogP contribution in [-0.2, 0) is 0 Å². The van der Waals surface area contributed by atoms with Crippen molar-refractivity contribution < 1.29 is 9.90 Å². The molecule has 1 aliphatic rings. The molecule has 0 radical (unpaired) electrons. The van der Waals surface area contributed by atoms with Gasteiger partial charge in [-0.05, 0) is 43.2 Å². The molecule has 0 atom stereocenters. The fourth-order valence-corrected chi connectivity index (χ4v) is 4.36. The highest BCUT2D eigenvalue weighted by molar-refractivity contribution is 6.39. The summed E-state index contributed by atoms with van der Waals surface area (Å²) in [6, 6.07) is 7.94. The molecule has 1 heterocycles. The van der Waals surface area contributed by atoms with Gasteiger partial charge in [0.25, 0.3) is 5.91 Å². The van der Waals surface area contributed by atoms with Gasteiger partial charge in [-0.25, -0.2) is 0 Å². The van der Waals surface area contributed by atoms with E-state index in [1.165, 1.54) is 24.6 Å². The first-order valence-electron chi connectivity index (χ1n) is 9.80. The van der Waals surface area contributed by atoms with E-state index in [4.69, 9.17) is 28.9 Å². The summed E-state index contributed by atoms with van der Waals surface area (Å²) in [6.45, 7) is 0. The minimum absolute atomic E-state index is 0.154. The van der Waals surface area contributed by atoms with Crippen LogP contribution < -0.4 is 16.5 Å². The predicted octanol–water partition coefficient (Wildman–Crippen LogP) is 4.85. The van der Waals surface area contributed by atoms with Gasteiger partial charge in [-0.3, -0.25) is 9.59 Å². The molecule has 3 aromatic rings. The number of benzene rings is 2. The second-order valence-electron chi connectivity index (χ2n) is 7.60. The van der Waals surface area contributed by atoms with E-state index < -0.39 is 11.2 Å². The lowest BCUT2D eigenvalue weighted by molar-refractivity contribution is 0.0928. The molecule has 1 aromatic heterocycles.